The van der Waals surface area contributed by atoms with E-state index in [-0.39, 0.29) is 5.56 Å². The van der Waals surface area contributed by atoms with Gasteiger partial charge in [-0.15, -0.1) is 0 Å². The van der Waals surface area contributed by atoms with E-state index in [1.165, 1.54) is 25.3 Å². The number of hydrogen-bond acceptors (Lipinski definition) is 4. The number of carbonyl (C=O) groups excluding carboxylic acids is 2. The van der Waals surface area contributed by atoms with Gasteiger partial charge in [-0.1, -0.05) is 48.5 Å². The lowest BCUT2D eigenvalue weighted by Crippen LogP contribution is -2.26. The topological polar surface area (TPSA) is 64.6 Å². The van der Waals surface area contributed by atoms with Gasteiger partial charge in [-0.3, -0.25) is 4.79 Å². The molecule has 1 atom stereocenters. The first kappa shape index (κ1) is 20.1. The van der Waals surface area contributed by atoms with Crippen LogP contribution in [0.2, 0.25) is 0 Å². The van der Waals surface area contributed by atoms with Gasteiger partial charge in [0, 0.05) is 5.56 Å². The van der Waals surface area contributed by atoms with Gasteiger partial charge in [0.25, 0.3) is 5.91 Å². The number of amides is 1. The minimum atomic E-state index is -1.27. The van der Waals surface area contributed by atoms with Gasteiger partial charge in [-0.2, -0.15) is 0 Å². The summed E-state index contributed by atoms with van der Waals surface area (Å²) in [4.78, 5) is 25.5. The highest BCUT2D eigenvalue weighted by atomic mass is 19.1. The number of carbonyl (C=O) groups is 2. The molecule has 0 aliphatic carbocycles. The van der Waals surface area contributed by atoms with Crippen LogP contribution in [0.3, 0.4) is 0 Å². The molecule has 6 heteroatoms. The SMILES string of the molecule is COc1ccc(C)cc1NC(=O)C(OC(=O)c1ccccc1F)c1ccccc1. The minimum Gasteiger partial charge on any atom is -0.495 e. The van der Waals surface area contributed by atoms with Crippen molar-refractivity contribution in [2.45, 2.75) is 13.0 Å². The van der Waals surface area contributed by atoms with Gasteiger partial charge in [0.1, 0.15) is 11.6 Å². The zero-order valence-electron chi connectivity index (χ0n) is 16.0. The molecule has 1 amide bonds. The van der Waals surface area contributed by atoms with Crippen LogP contribution in [-0.4, -0.2) is 19.0 Å². The van der Waals surface area contributed by atoms with Gasteiger partial charge < -0.3 is 14.8 Å². The van der Waals surface area contributed by atoms with Crippen molar-refractivity contribution >= 4 is 17.6 Å². The zero-order chi connectivity index (χ0) is 20.8. The van der Waals surface area contributed by atoms with E-state index in [2.05, 4.69) is 5.32 Å². The maximum Gasteiger partial charge on any atom is 0.342 e. The summed E-state index contributed by atoms with van der Waals surface area (Å²) in [5.74, 6) is -1.76. The van der Waals surface area contributed by atoms with Crippen LogP contribution < -0.4 is 10.1 Å². The number of benzene rings is 3. The largest absolute Gasteiger partial charge is 0.495 e. The quantitative estimate of drug-likeness (QED) is 0.618. The van der Waals surface area contributed by atoms with Crippen molar-refractivity contribution in [2.75, 3.05) is 12.4 Å². The van der Waals surface area contributed by atoms with Gasteiger partial charge in [0.05, 0.1) is 18.4 Å². The molecule has 0 aliphatic heterocycles. The Morgan fingerprint density at radius 3 is 2.34 bits per heavy atom. The highest BCUT2D eigenvalue weighted by molar-refractivity contribution is 5.99. The molecule has 0 aromatic heterocycles. The first-order valence-corrected chi connectivity index (χ1v) is 8.95. The minimum absolute atomic E-state index is 0.241. The summed E-state index contributed by atoms with van der Waals surface area (Å²) in [5, 5.41) is 2.74. The van der Waals surface area contributed by atoms with E-state index < -0.39 is 23.8 Å². The predicted molar refractivity (Wildman–Crippen MR) is 107 cm³/mol. The van der Waals surface area contributed by atoms with Crippen LogP contribution in [0.5, 0.6) is 5.75 Å². The fourth-order valence-electron chi connectivity index (χ4n) is 2.82. The van der Waals surface area contributed by atoms with Gasteiger partial charge in [-0.05, 0) is 36.8 Å². The van der Waals surface area contributed by atoms with Gasteiger partial charge in [-0.25, -0.2) is 9.18 Å². The summed E-state index contributed by atoms with van der Waals surface area (Å²) in [5.41, 5.74) is 1.58. The highest BCUT2D eigenvalue weighted by Crippen LogP contribution is 2.28. The first-order valence-electron chi connectivity index (χ1n) is 8.95. The van der Waals surface area contributed by atoms with E-state index in [4.69, 9.17) is 9.47 Å². The second-order valence-electron chi connectivity index (χ2n) is 6.37. The van der Waals surface area contributed by atoms with E-state index in [1.807, 2.05) is 13.0 Å². The molecule has 0 saturated heterocycles. The third-order valence-electron chi connectivity index (χ3n) is 4.27. The lowest BCUT2D eigenvalue weighted by molar-refractivity contribution is -0.125. The number of aryl methyl sites for hydroxylation is 1. The summed E-state index contributed by atoms with van der Waals surface area (Å²) < 4.78 is 24.7. The number of hydrogen-bond donors (Lipinski definition) is 1. The summed E-state index contributed by atoms with van der Waals surface area (Å²) in [6.45, 7) is 1.88. The summed E-state index contributed by atoms with van der Waals surface area (Å²) in [7, 11) is 1.49. The second-order valence-corrected chi connectivity index (χ2v) is 6.37. The Morgan fingerprint density at radius 2 is 1.66 bits per heavy atom. The Labute approximate surface area is 168 Å². The fourth-order valence-corrected chi connectivity index (χ4v) is 2.82. The molecular formula is C23H20FNO4. The Bertz CT molecular complexity index is 1020. The highest BCUT2D eigenvalue weighted by Gasteiger charge is 2.27. The number of nitrogens with one attached hydrogen (secondary N) is 1. The molecule has 0 radical (unpaired) electrons. The number of ether oxygens (including phenoxy) is 2. The lowest BCUT2D eigenvalue weighted by atomic mass is 10.1. The molecule has 5 nitrogen and oxygen atoms in total. The molecule has 0 saturated carbocycles. The van der Waals surface area contributed by atoms with E-state index in [9.17, 15) is 14.0 Å². The normalized spacial score (nSPS) is 11.4. The van der Waals surface area contributed by atoms with Crippen molar-refractivity contribution in [1.29, 1.82) is 0 Å². The average Bonchev–Trinajstić information content (AvgIpc) is 2.73. The van der Waals surface area contributed by atoms with Gasteiger partial charge in [0.15, 0.2) is 0 Å². The van der Waals surface area contributed by atoms with E-state index in [1.54, 1.807) is 42.5 Å². The van der Waals surface area contributed by atoms with E-state index in [0.717, 1.165) is 11.6 Å². The van der Waals surface area contributed by atoms with Crippen LogP contribution >= 0.6 is 0 Å². The van der Waals surface area contributed by atoms with Crippen molar-refractivity contribution in [3.8, 4) is 5.75 Å². The second kappa shape index (κ2) is 9.01. The Kier molecular flexibility index (Phi) is 6.24. The van der Waals surface area contributed by atoms with Crippen LogP contribution in [-0.2, 0) is 9.53 Å². The monoisotopic (exact) mass is 393 g/mol. The Hall–Kier alpha value is -3.67. The van der Waals surface area contributed by atoms with Crippen LogP contribution in [0.25, 0.3) is 0 Å². The molecule has 3 aromatic rings. The third-order valence-corrected chi connectivity index (χ3v) is 4.27. The molecule has 1 unspecified atom stereocenters. The molecule has 148 valence electrons. The smallest absolute Gasteiger partial charge is 0.342 e. The standard InChI is InChI=1S/C23H20FNO4/c1-15-12-13-20(28-2)19(14-15)25-22(26)21(16-8-4-3-5-9-16)29-23(27)17-10-6-7-11-18(17)24/h3-14,21H,1-2H3,(H,25,26). The Morgan fingerprint density at radius 1 is 0.966 bits per heavy atom. The molecular weight excluding hydrogens is 373 g/mol. The van der Waals surface area contributed by atoms with Crippen molar-refractivity contribution in [3.05, 3.63) is 95.3 Å². The molecule has 0 spiro atoms. The average molecular weight is 393 g/mol. The van der Waals surface area contributed by atoms with Crippen molar-refractivity contribution in [3.63, 3.8) is 0 Å². The fraction of sp³-hybridized carbons (Fsp3) is 0.130. The molecule has 1 N–H and O–H groups in total. The molecule has 3 aromatic carbocycles. The Balaban J connectivity index is 1.90. The number of rotatable bonds is 6. The number of esters is 1. The molecule has 3 rings (SSSR count). The molecule has 0 heterocycles. The maximum atomic E-state index is 14.0. The molecule has 0 fully saturated rings. The van der Waals surface area contributed by atoms with Gasteiger partial charge >= 0.3 is 5.97 Å². The van der Waals surface area contributed by atoms with Crippen LogP contribution in [0.4, 0.5) is 10.1 Å². The maximum absolute atomic E-state index is 14.0. The van der Waals surface area contributed by atoms with Crippen molar-refractivity contribution in [1.82, 2.24) is 0 Å². The number of halogens is 1. The summed E-state index contributed by atoms with van der Waals surface area (Å²) in [6.07, 6.45) is -1.27. The predicted octanol–water partition coefficient (Wildman–Crippen LogP) is 4.68. The van der Waals surface area contributed by atoms with Crippen LogP contribution in [0.15, 0.2) is 72.8 Å². The molecule has 0 bridgehead atoms. The van der Waals surface area contributed by atoms with E-state index in [0.29, 0.717) is 17.0 Å². The zero-order valence-corrected chi connectivity index (χ0v) is 16.0. The summed E-state index contributed by atoms with van der Waals surface area (Å²) >= 11 is 0. The third kappa shape index (κ3) is 4.79. The van der Waals surface area contributed by atoms with Crippen LogP contribution in [0.1, 0.15) is 27.6 Å². The molecule has 0 aliphatic rings. The van der Waals surface area contributed by atoms with Crippen molar-refractivity contribution in [2.24, 2.45) is 0 Å². The summed E-state index contributed by atoms with van der Waals surface area (Å²) in [6, 6.07) is 19.3. The number of anilines is 1. The lowest BCUT2D eigenvalue weighted by Gasteiger charge is -2.19. The first-order chi connectivity index (χ1) is 14.0. The van der Waals surface area contributed by atoms with Gasteiger partial charge in [0.2, 0.25) is 6.10 Å². The molecule has 29 heavy (non-hydrogen) atoms. The number of methoxy groups -OCH3 is 1. The van der Waals surface area contributed by atoms with Crippen LogP contribution in [0, 0.1) is 12.7 Å². The van der Waals surface area contributed by atoms with E-state index >= 15 is 0 Å². The van der Waals surface area contributed by atoms with Crippen molar-refractivity contribution < 1.29 is 23.5 Å².